The van der Waals surface area contributed by atoms with Crippen LogP contribution >= 0.6 is 11.3 Å². The summed E-state index contributed by atoms with van der Waals surface area (Å²) in [4.78, 5) is 37.5. The molecule has 1 saturated heterocycles. The normalized spacial score (nSPS) is 17.0. The van der Waals surface area contributed by atoms with Crippen LogP contribution < -0.4 is 4.90 Å². The van der Waals surface area contributed by atoms with E-state index in [1.165, 1.54) is 28.4 Å². The maximum atomic E-state index is 13.5. The fraction of sp³-hybridized carbons (Fsp3) is 0.208. The SMILES string of the molecule is O=C1C(c2cccs2)=C(N2CCN(c3ccccn3)CC2)C(=O)N1Cc1ccc(F)cc1. The number of anilines is 1. The van der Waals surface area contributed by atoms with Crippen LogP contribution in [0.3, 0.4) is 0 Å². The Morgan fingerprint density at radius 2 is 1.62 bits per heavy atom. The van der Waals surface area contributed by atoms with Crippen LogP contribution in [-0.2, 0) is 16.1 Å². The minimum Gasteiger partial charge on any atom is -0.363 e. The van der Waals surface area contributed by atoms with Crippen molar-refractivity contribution >= 4 is 34.5 Å². The molecule has 0 aliphatic carbocycles. The number of hydrogen-bond donors (Lipinski definition) is 0. The Balaban J connectivity index is 1.41. The van der Waals surface area contributed by atoms with E-state index in [2.05, 4.69) is 9.88 Å². The van der Waals surface area contributed by atoms with Gasteiger partial charge in [-0.05, 0) is 41.3 Å². The lowest BCUT2D eigenvalue weighted by Crippen LogP contribution is -2.47. The zero-order valence-corrected chi connectivity index (χ0v) is 18.1. The first-order chi connectivity index (χ1) is 15.6. The molecule has 0 bridgehead atoms. The highest BCUT2D eigenvalue weighted by atomic mass is 32.1. The number of aromatic nitrogens is 1. The average molecular weight is 449 g/mol. The van der Waals surface area contributed by atoms with Gasteiger partial charge in [0.05, 0.1) is 12.1 Å². The Morgan fingerprint density at radius 1 is 0.875 bits per heavy atom. The molecule has 2 amide bonds. The van der Waals surface area contributed by atoms with E-state index in [0.29, 0.717) is 43.0 Å². The van der Waals surface area contributed by atoms with Crippen molar-refractivity contribution in [2.75, 3.05) is 31.1 Å². The Kier molecular flexibility index (Phi) is 5.45. The van der Waals surface area contributed by atoms with Gasteiger partial charge in [0.2, 0.25) is 0 Å². The van der Waals surface area contributed by atoms with Crippen molar-refractivity contribution in [3.05, 3.63) is 88.1 Å². The van der Waals surface area contributed by atoms with Crippen molar-refractivity contribution in [2.24, 2.45) is 0 Å². The second-order valence-corrected chi connectivity index (χ2v) is 8.63. The van der Waals surface area contributed by atoms with Gasteiger partial charge in [-0.25, -0.2) is 9.37 Å². The van der Waals surface area contributed by atoms with Gasteiger partial charge in [-0.1, -0.05) is 24.3 Å². The topological polar surface area (TPSA) is 56.8 Å². The van der Waals surface area contributed by atoms with Gasteiger partial charge < -0.3 is 9.80 Å². The van der Waals surface area contributed by atoms with Crippen molar-refractivity contribution in [1.82, 2.24) is 14.8 Å². The Morgan fingerprint density at radius 3 is 2.28 bits per heavy atom. The molecular weight excluding hydrogens is 427 g/mol. The van der Waals surface area contributed by atoms with Gasteiger partial charge in [-0.15, -0.1) is 11.3 Å². The van der Waals surface area contributed by atoms with Crippen LogP contribution in [0, 0.1) is 5.82 Å². The summed E-state index contributed by atoms with van der Waals surface area (Å²) in [7, 11) is 0. The number of imide groups is 1. The van der Waals surface area contributed by atoms with Crippen LogP contribution in [-0.4, -0.2) is 52.8 Å². The van der Waals surface area contributed by atoms with Gasteiger partial charge in [-0.2, -0.15) is 0 Å². The fourth-order valence-electron chi connectivity index (χ4n) is 4.12. The number of thiophene rings is 1. The molecule has 0 atom stereocenters. The van der Waals surface area contributed by atoms with Gasteiger partial charge in [0, 0.05) is 37.3 Å². The van der Waals surface area contributed by atoms with E-state index in [1.807, 2.05) is 40.6 Å². The zero-order chi connectivity index (χ0) is 22.1. The number of amides is 2. The lowest BCUT2D eigenvalue weighted by atomic mass is 10.1. The average Bonchev–Trinajstić information content (AvgIpc) is 3.44. The van der Waals surface area contributed by atoms with Crippen LogP contribution in [0.4, 0.5) is 10.2 Å². The molecule has 2 aliphatic heterocycles. The van der Waals surface area contributed by atoms with Gasteiger partial charge in [0.15, 0.2) is 0 Å². The van der Waals surface area contributed by atoms with Gasteiger partial charge in [-0.3, -0.25) is 14.5 Å². The summed E-state index contributed by atoms with van der Waals surface area (Å²) in [6.45, 7) is 2.76. The molecule has 2 aliphatic rings. The second-order valence-electron chi connectivity index (χ2n) is 7.69. The van der Waals surface area contributed by atoms with Crippen molar-refractivity contribution in [3.8, 4) is 0 Å². The number of carbonyl (C=O) groups excluding carboxylic acids is 2. The van der Waals surface area contributed by atoms with Crippen LogP contribution in [0.15, 0.2) is 71.9 Å². The molecule has 32 heavy (non-hydrogen) atoms. The number of carbonyl (C=O) groups is 2. The summed E-state index contributed by atoms with van der Waals surface area (Å²) in [6.07, 6.45) is 1.77. The molecular formula is C24H21FN4O2S. The van der Waals surface area contributed by atoms with Crippen LogP contribution in [0.5, 0.6) is 0 Å². The highest BCUT2D eigenvalue weighted by molar-refractivity contribution is 7.11. The third kappa shape index (κ3) is 3.78. The minimum absolute atomic E-state index is 0.115. The largest absolute Gasteiger partial charge is 0.363 e. The van der Waals surface area contributed by atoms with Crippen molar-refractivity contribution in [3.63, 3.8) is 0 Å². The number of halogens is 1. The predicted octanol–water partition coefficient (Wildman–Crippen LogP) is 3.38. The van der Waals surface area contributed by atoms with Gasteiger partial charge in [0.25, 0.3) is 11.8 Å². The molecule has 0 N–H and O–H groups in total. The van der Waals surface area contributed by atoms with Gasteiger partial charge in [0.1, 0.15) is 17.3 Å². The molecule has 1 fully saturated rings. The number of pyridine rings is 1. The van der Waals surface area contributed by atoms with Crippen LogP contribution in [0.1, 0.15) is 10.4 Å². The van der Waals surface area contributed by atoms with E-state index in [9.17, 15) is 14.0 Å². The number of nitrogens with zero attached hydrogens (tertiary/aromatic N) is 4. The molecule has 3 aromatic rings. The molecule has 0 spiro atoms. The van der Waals surface area contributed by atoms with E-state index in [-0.39, 0.29) is 24.2 Å². The van der Waals surface area contributed by atoms with E-state index in [4.69, 9.17) is 0 Å². The lowest BCUT2D eigenvalue weighted by molar-refractivity contribution is -0.138. The van der Waals surface area contributed by atoms with Gasteiger partial charge >= 0.3 is 0 Å². The highest BCUT2D eigenvalue weighted by Crippen LogP contribution is 2.35. The second kappa shape index (κ2) is 8.55. The third-order valence-corrected chi connectivity index (χ3v) is 6.62. The zero-order valence-electron chi connectivity index (χ0n) is 17.3. The monoisotopic (exact) mass is 448 g/mol. The number of piperazine rings is 1. The molecule has 0 radical (unpaired) electrons. The molecule has 0 unspecified atom stereocenters. The lowest BCUT2D eigenvalue weighted by Gasteiger charge is -2.37. The number of benzene rings is 1. The highest BCUT2D eigenvalue weighted by Gasteiger charge is 2.42. The van der Waals surface area contributed by atoms with Crippen molar-refractivity contribution in [1.29, 1.82) is 0 Å². The summed E-state index contributed by atoms with van der Waals surface area (Å²) in [5, 5.41) is 1.90. The van der Waals surface area contributed by atoms with E-state index < -0.39 is 0 Å². The molecule has 6 nitrogen and oxygen atoms in total. The van der Waals surface area contributed by atoms with E-state index in [1.54, 1.807) is 18.3 Å². The van der Waals surface area contributed by atoms with E-state index >= 15 is 0 Å². The maximum absolute atomic E-state index is 13.5. The molecule has 162 valence electrons. The summed E-state index contributed by atoms with van der Waals surface area (Å²) < 4.78 is 13.3. The quantitative estimate of drug-likeness (QED) is 0.560. The smallest absolute Gasteiger partial charge is 0.278 e. The summed E-state index contributed by atoms with van der Waals surface area (Å²) in [5.41, 5.74) is 1.62. The Hall–Kier alpha value is -3.52. The maximum Gasteiger partial charge on any atom is 0.278 e. The molecule has 5 rings (SSSR count). The minimum atomic E-state index is -0.350. The molecule has 4 heterocycles. The summed E-state index contributed by atoms with van der Waals surface area (Å²) in [5.74, 6) is -0.0407. The third-order valence-electron chi connectivity index (χ3n) is 5.73. The molecule has 2 aromatic heterocycles. The Bertz CT molecular complexity index is 1150. The van der Waals surface area contributed by atoms with E-state index in [0.717, 1.165) is 10.7 Å². The molecule has 8 heteroatoms. The molecule has 1 aromatic carbocycles. The van der Waals surface area contributed by atoms with Crippen molar-refractivity contribution in [2.45, 2.75) is 6.54 Å². The summed E-state index contributed by atoms with van der Waals surface area (Å²) in [6, 6.07) is 15.4. The first-order valence-electron chi connectivity index (χ1n) is 10.4. The van der Waals surface area contributed by atoms with Crippen LogP contribution in [0.2, 0.25) is 0 Å². The number of hydrogen-bond acceptors (Lipinski definition) is 6. The predicted molar refractivity (Wildman–Crippen MR) is 121 cm³/mol. The van der Waals surface area contributed by atoms with Crippen molar-refractivity contribution < 1.29 is 14.0 Å². The first kappa shape index (κ1) is 20.4. The fourth-order valence-corrected chi connectivity index (χ4v) is 4.88. The first-order valence-corrected chi connectivity index (χ1v) is 11.3. The molecule has 0 saturated carbocycles. The number of rotatable bonds is 5. The van der Waals surface area contributed by atoms with Crippen LogP contribution in [0.25, 0.3) is 5.57 Å². The summed E-state index contributed by atoms with van der Waals surface area (Å²) >= 11 is 1.45. The Labute approximate surface area is 189 Å². The standard InChI is InChI=1S/C24H21FN4O2S/c25-18-8-6-17(7-9-18)16-29-23(30)21(19-4-3-15-32-19)22(24(29)31)28-13-11-27(12-14-28)20-5-1-2-10-26-20/h1-10,15H,11-14,16H2.